The Morgan fingerprint density at radius 2 is 2.10 bits per heavy atom. The molecule has 0 aliphatic heterocycles. The van der Waals surface area contributed by atoms with Crippen molar-refractivity contribution < 1.29 is 4.74 Å². The van der Waals surface area contributed by atoms with E-state index in [9.17, 15) is 0 Å². The Bertz CT molecular complexity index is 446. The van der Waals surface area contributed by atoms with Crippen LogP contribution in [0.4, 0.5) is 0 Å². The fourth-order valence-electron chi connectivity index (χ4n) is 3.27. The van der Waals surface area contributed by atoms with E-state index < -0.39 is 0 Å². The van der Waals surface area contributed by atoms with E-state index in [-0.39, 0.29) is 5.60 Å². The maximum absolute atomic E-state index is 6.37. The number of hydrogen-bond acceptors (Lipinski definition) is 2. The molecule has 1 N–H and O–H groups in total. The lowest BCUT2D eigenvalue weighted by Crippen LogP contribution is -2.51. The zero-order valence-electron chi connectivity index (χ0n) is 12.2. The van der Waals surface area contributed by atoms with Crippen molar-refractivity contribution in [1.29, 1.82) is 0 Å². The lowest BCUT2D eigenvalue weighted by Gasteiger charge is -2.37. The number of likely N-dealkylation sites (N-methyl/N-ethyl adjacent to an activating group) is 1. The van der Waals surface area contributed by atoms with E-state index in [1.165, 1.54) is 18.4 Å². The van der Waals surface area contributed by atoms with Crippen LogP contribution in [0.2, 0.25) is 5.02 Å². The van der Waals surface area contributed by atoms with Crippen LogP contribution < -0.4 is 5.32 Å². The van der Waals surface area contributed by atoms with Gasteiger partial charge in [-0.2, -0.15) is 0 Å². The van der Waals surface area contributed by atoms with Crippen LogP contribution in [-0.4, -0.2) is 25.3 Å². The van der Waals surface area contributed by atoms with Crippen molar-refractivity contribution in [3.8, 4) is 0 Å². The van der Waals surface area contributed by atoms with Gasteiger partial charge in [0.25, 0.3) is 0 Å². The first-order valence-electron chi connectivity index (χ1n) is 7.34. The fourth-order valence-corrected chi connectivity index (χ4v) is 4.02. The third kappa shape index (κ3) is 3.56. The van der Waals surface area contributed by atoms with E-state index >= 15 is 0 Å². The van der Waals surface area contributed by atoms with Crippen LogP contribution in [0.15, 0.2) is 22.7 Å². The van der Waals surface area contributed by atoms with E-state index in [0.29, 0.717) is 6.04 Å². The topological polar surface area (TPSA) is 21.3 Å². The highest BCUT2D eigenvalue weighted by atomic mass is 79.9. The van der Waals surface area contributed by atoms with Gasteiger partial charge in [0.1, 0.15) is 0 Å². The molecule has 0 spiro atoms. The summed E-state index contributed by atoms with van der Waals surface area (Å²) in [6.45, 7) is 3.10. The van der Waals surface area contributed by atoms with E-state index in [1.54, 1.807) is 0 Å². The second-order valence-corrected chi connectivity index (χ2v) is 6.85. The van der Waals surface area contributed by atoms with Crippen LogP contribution in [0.1, 0.15) is 38.2 Å². The van der Waals surface area contributed by atoms with Gasteiger partial charge in [-0.1, -0.05) is 53.4 Å². The van der Waals surface area contributed by atoms with E-state index in [1.807, 2.05) is 13.2 Å². The average Bonchev–Trinajstić information content (AvgIpc) is 2.91. The monoisotopic (exact) mass is 359 g/mol. The van der Waals surface area contributed by atoms with E-state index in [4.69, 9.17) is 16.3 Å². The fraction of sp³-hybridized carbons (Fsp3) is 0.625. The Labute approximate surface area is 135 Å². The molecule has 1 aliphatic carbocycles. The normalized spacial score (nSPS) is 19.2. The molecule has 1 aromatic carbocycles. The minimum atomic E-state index is -0.0353. The standard InChI is InChI=1S/C16H23BrClNO/c1-3-19-15(16(20-2)8-4-5-9-16)10-12-6-7-13(17)11-14(12)18/h6-7,11,15,19H,3-5,8-10H2,1-2H3. The quantitative estimate of drug-likeness (QED) is 0.801. The minimum absolute atomic E-state index is 0.0353. The Balaban J connectivity index is 2.20. The van der Waals surface area contributed by atoms with Crippen molar-refractivity contribution in [3.05, 3.63) is 33.3 Å². The first-order chi connectivity index (χ1) is 9.61. The number of ether oxygens (including phenoxy) is 1. The van der Waals surface area contributed by atoms with E-state index in [0.717, 1.165) is 35.3 Å². The Kier molecular flexibility index (Phi) is 5.91. The second kappa shape index (κ2) is 7.26. The molecule has 1 unspecified atom stereocenters. The summed E-state index contributed by atoms with van der Waals surface area (Å²) in [6.07, 6.45) is 5.69. The molecule has 1 aliphatic rings. The van der Waals surface area contributed by atoms with Crippen LogP contribution >= 0.6 is 27.5 Å². The predicted molar refractivity (Wildman–Crippen MR) is 88.5 cm³/mol. The first-order valence-corrected chi connectivity index (χ1v) is 8.51. The van der Waals surface area contributed by atoms with Crippen molar-refractivity contribution in [2.75, 3.05) is 13.7 Å². The van der Waals surface area contributed by atoms with Crippen LogP contribution in [0, 0.1) is 0 Å². The minimum Gasteiger partial charge on any atom is -0.377 e. The summed E-state index contributed by atoms with van der Waals surface area (Å²) in [4.78, 5) is 0. The molecule has 2 rings (SSSR count). The van der Waals surface area contributed by atoms with Gasteiger partial charge in [0.05, 0.1) is 5.60 Å². The van der Waals surface area contributed by atoms with Crippen LogP contribution in [0.25, 0.3) is 0 Å². The second-order valence-electron chi connectivity index (χ2n) is 5.53. The summed E-state index contributed by atoms with van der Waals surface area (Å²) < 4.78 is 6.96. The largest absolute Gasteiger partial charge is 0.377 e. The van der Waals surface area contributed by atoms with Gasteiger partial charge in [0.2, 0.25) is 0 Å². The molecule has 0 radical (unpaired) electrons. The van der Waals surface area contributed by atoms with Gasteiger partial charge in [-0.3, -0.25) is 0 Å². The highest BCUT2D eigenvalue weighted by Gasteiger charge is 2.41. The Hall–Kier alpha value is -0.0900. The van der Waals surface area contributed by atoms with Crippen molar-refractivity contribution in [3.63, 3.8) is 0 Å². The molecule has 1 aromatic rings. The zero-order chi connectivity index (χ0) is 14.6. The predicted octanol–water partition coefficient (Wildman–Crippen LogP) is 4.58. The Morgan fingerprint density at radius 3 is 2.65 bits per heavy atom. The number of nitrogens with one attached hydrogen (secondary N) is 1. The maximum Gasteiger partial charge on any atom is 0.0834 e. The van der Waals surface area contributed by atoms with Crippen molar-refractivity contribution >= 4 is 27.5 Å². The van der Waals surface area contributed by atoms with Gasteiger partial charge in [-0.15, -0.1) is 0 Å². The van der Waals surface area contributed by atoms with Gasteiger partial charge in [-0.05, 0) is 43.5 Å². The molecule has 2 nitrogen and oxygen atoms in total. The molecule has 0 heterocycles. The third-order valence-corrected chi connectivity index (χ3v) is 5.23. The molecule has 0 saturated heterocycles. The first kappa shape index (κ1) is 16.3. The number of methoxy groups -OCH3 is 1. The highest BCUT2D eigenvalue weighted by Crippen LogP contribution is 2.37. The molecule has 112 valence electrons. The van der Waals surface area contributed by atoms with E-state index in [2.05, 4.69) is 40.3 Å². The van der Waals surface area contributed by atoms with Gasteiger partial charge < -0.3 is 10.1 Å². The smallest absolute Gasteiger partial charge is 0.0834 e. The van der Waals surface area contributed by atoms with Crippen LogP contribution in [-0.2, 0) is 11.2 Å². The number of benzene rings is 1. The molecule has 0 bridgehead atoms. The zero-order valence-corrected chi connectivity index (χ0v) is 14.6. The van der Waals surface area contributed by atoms with Gasteiger partial charge >= 0.3 is 0 Å². The Morgan fingerprint density at radius 1 is 1.40 bits per heavy atom. The van der Waals surface area contributed by atoms with Crippen molar-refractivity contribution in [1.82, 2.24) is 5.32 Å². The molecule has 1 atom stereocenters. The lowest BCUT2D eigenvalue weighted by molar-refractivity contribution is -0.0351. The van der Waals surface area contributed by atoms with Crippen molar-refractivity contribution in [2.45, 2.75) is 50.7 Å². The molecule has 4 heteroatoms. The van der Waals surface area contributed by atoms with Gasteiger partial charge in [0, 0.05) is 22.6 Å². The molecule has 1 fully saturated rings. The van der Waals surface area contributed by atoms with Gasteiger partial charge in [0.15, 0.2) is 0 Å². The number of rotatable bonds is 6. The summed E-state index contributed by atoms with van der Waals surface area (Å²) >= 11 is 9.83. The third-order valence-electron chi connectivity index (χ3n) is 4.38. The molecule has 0 amide bonds. The molecule has 0 aromatic heterocycles. The van der Waals surface area contributed by atoms with Gasteiger partial charge in [-0.25, -0.2) is 0 Å². The summed E-state index contributed by atoms with van der Waals surface area (Å²) in [5, 5.41) is 4.44. The number of hydrogen-bond donors (Lipinski definition) is 1. The maximum atomic E-state index is 6.37. The molecule has 1 saturated carbocycles. The van der Waals surface area contributed by atoms with Crippen molar-refractivity contribution in [2.24, 2.45) is 0 Å². The van der Waals surface area contributed by atoms with Crippen LogP contribution in [0.3, 0.4) is 0 Å². The lowest BCUT2D eigenvalue weighted by atomic mass is 9.87. The summed E-state index contributed by atoms with van der Waals surface area (Å²) in [6, 6.07) is 6.44. The molecular weight excluding hydrogens is 338 g/mol. The summed E-state index contributed by atoms with van der Waals surface area (Å²) in [5.74, 6) is 0. The SMILES string of the molecule is CCNC(Cc1ccc(Br)cc1Cl)C1(OC)CCCC1. The average molecular weight is 361 g/mol. The highest BCUT2D eigenvalue weighted by molar-refractivity contribution is 9.10. The summed E-state index contributed by atoms with van der Waals surface area (Å²) in [5.41, 5.74) is 1.15. The molecule has 20 heavy (non-hydrogen) atoms. The molecular formula is C16H23BrClNO. The number of halogens is 2. The van der Waals surface area contributed by atoms with Crippen LogP contribution in [0.5, 0.6) is 0 Å². The summed E-state index contributed by atoms with van der Waals surface area (Å²) in [7, 11) is 1.85.